The Hall–Kier alpha value is -2.82. The molecule has 2 N–H and O–H groups in total. The van der Waals surface area contributed by atoms with E-state index in [0.717, 1.165) is 28.1 Å². The number of carbonyl (C=O) groups excluding carboxylic acids is 1. The largest absolute Gasteiger partial charge is 0.336 e. The van der Waals surface area contributed by atoms with Crippen LogP contribution < -0.4 is 10.6 Å². The van der Waals surface area contributed by atoms with Crippen molar-refractivity contribution >= 4 is 22.8 Å². The van der Waals surface area contributed by atoms with Crippen molar-refractivity contribution in [2.75, 3.05) is 11.9 Å². The van der Waals surface area contributed by atoms with Crippen LogP contribution in [-0.2, 0) is 6.54 Å². The van der Waals surface area contributed by atoms with Crippen LogP contribution in [0.25, 0.3) is 11.0 Å². The summed E-state index contributed by atoms with van der Waals surface area (Å²) in [6, 6.07) is 13.7. The second kappa shape index (κ2) is 6.74. The van der Waals surface area contributed by atoms with Gasteiger partial charge in [0.15, 0.2) is 0 Å². The predicted octanol–water partition coefficient (Wildman–Crippen LogP) is 3.78. The predicted molar refractivity (Wildman–Crippen MR) is 97.4 cm³/mol. The Kier molecular flexibility index (Phi) is 4.51. The summed E-state index contributed by atoms with van der Waals surface area (Å²) in [6.07, 6.45) is 0. The van der Waals surface area contributed by atoms with Crippen molar-refractivity contribution in [2.24, 2.45) is 0 Å². The molecule has 0 aliphatic rings. The van der Waals surface area contributed by atoms with E-state index in [4.69, 9.17) is 0 Å². The highest BCUT2D eigenvalue weighted by Crippen LogP contribution is 2.15. The van der Waals surface area contributed by atoms with Crippen molar-refractivity contribution in [3.63, 3.8) is 0 Å². The van der Waals surface area contributed by atoms with Crippen LogP contribution in [0.1, 0.15) is 17.0 Å². The summed E-state index contributed by atoms with van der Waals surface area (Å²) in [7, 11) is 0. The number of aryl methyl sites for hydroxylation is 3. The SMILES string of the molecule is Cc1ccc(NC(=O)NCCn2c(C)nc3ccccc32)cc1C. The molecule has 0 aliphatic heterocycles. The molecule has 0 fully saturated rings. The highest BCUT2D eigenvalue weighted by molar-refractivity contribution is 5.89. The minimum absolute atomic E-state index is 0.194. The van der Waals surface area contributed by atoms with Crippen molar-refractivity contribution < 1.29 is 4.79 Å². The Morgan fingerprint density at radius 3 is 2.67 bits per heavy atom. The molecular formula is C19H22N4O. The summed E-state index contributed by atoms with van der Waals surface area (Å²) in [5.74, 6) is 0.951. The third-order valence-electron chi connectivity index (χ3n) is 4.23. The fraction of sp³-hybridized carbons (Fsp3) is 0.263. The number of fused-ring (bicyclic) bond motifs is 1. The Morgan fingerprint density at radius 2 is 1.88 bits per heavy atom. The smallest absolute Gasteiger partial charge is 0.319 e. The van der Waals surface area contributed by atoms with Gasteiger partial charge in [0, 0.05) is 18.8 Å². The molecule has 2 amide bonds. The first-order chi connectivity index (χ1) is 11.5. The molecule has 124 valence electrons. The van der Waals surface area contributed by atoms with Crippen molar-refractivity contribution in [3.05, 3.63) is 59.4 Å². The summed E-state index contributed by atoms with van der Waals surface area (Å²) in [6.45, 7) is 7.29. The molecule has 1 heterocycles. The lowest BCUT2D eigenvalue weighted by molar-refractivity contribution is 0.251. The summed E-state index contributed by atoms with van der Waals surface area (Å²) in [5.41, 5.74) is 5.25. The lowest BCUT2D eigenvalue weighted by atomic mass is 10.1. The van der Waals surface area contributed by atoms with Crippen molar-refractivity contribution in [3.8, 4) is 0 Å². The second-order valence-corrected chi connectivity index (χ2v) is 5.98. The lowest BCUT2D eigenvalue weighted by Gasteiger charge is -2.11. The maximum Gasteiger partial charge on any atom is 0.319 e. The number of hydrogen-bond donors (Lipinski definition) is 2. The molecule has 5 nitrogen and oxygen atoms in total. The molecule has 1 aromatic heterocycles. The summed E-state index contributed by atoms with van der Waals surface area (Å²) in [5, 5.41) is 5.76. The molecule has 0 bridgehead atoms. The van der Waals surface area contributed by atoms with Gasteiger partial charge in [-0.15, -0.1) is 0 Å². The summed E-state index contributed by atoms with van der Waals surface area (Å²) >= 11 is 0. The number of benzene rings is 2. The topological polar surface area (TPSA) is 59.0 Å². The van der Waals surface area contributed by atoms with Crippen molar-refractivity contribution in [2.45, 2.75) is 27.3 Å². The number of hydrogen-bond acceptors (Lipinski definition) is 2. The van der Waals surface area contributed by atoms with E-state index in [0.29, 0.717) is 13.1 Å². The first-order valence-corrected chi connectivity index (χ1v) is 8.08. The standard InChI is InChI=1S/C19H22N4O/c1-13-8-9-16(12-14(13)2)22-19(24)20-10-11-23-15(3)21-17-6-4-5-7-18(17)23/h4-9,12H,10-11H2,1-3H3,(H2,20,22,24). The Balaban J connectivity index is 1.58. The third-order valence-corrected chi connectivity index (χ3v) is 4.23. The van der Waals surface area contributed by atoms with Gasteiger partial charge in [0.2, 0.25) is 0 Å². The maximum absolute atomic E-state index is 12.0. The molecule has 24 heavy (non-hydrogen) atoms. The van der Waals surface area contributed by atoms with Crippen LogP contribution >= 0.6 is 0 Å². The van der Waals surface area contributed by atoms with Gasteiger partial charge in [0.25, 0.3) is 0 Å². The number of rotatable bonds is 4. The molecule has 0 spiro atoms. The number of carbonyl (C=O) groups is 1. The van der Waals surface area contributed by atoms with E-state index in [1.54, 1.807) is 0 Å². The van der Waals surface area contributed by atoms with E-state index in [-0.39, 0.29) is 6.03 Å². The molecule has 3 rings (SSSR count). The van der Waals surface area contributed by atoms with Crippen LogP contribution in [0.4, 0.5) is 10.5 Å². The average Bonchev–Trinajstić information content (AvgIpc) is 2.87. The zero-order chi connectivity index (χ0) is 17.1. The second-order valence-electron chi connectivity index (χ2n) is 5.98. The maximum atomic E-state index is 12.0. The van der Waals surface area contributed by atoms with Gasteiger partial charge < -0.3 is 15.2 Å². The van der Waals surface area contributed by atoms with Gasteiger partial charge in [0.1, 0.15) is 5.82 Å². The van der Waals surface area contributed by atoms with Gasteiger partial charge in [-0.1, -0.05) is 18.2 Å². The molecule has 0 saturated carbocycles. The Morgan fingerprint density at radius 1 is 1.08 bits per heavy atom. The number of nitrogens with one attached hydrogen (secondary N) is 2. The van der Waals surface area contributed by atoms with E-state index < -0.39 is 0 Å². The molecule has 0 aliphatic carbocycles. The zero-order valence-electron chi connectivity index (χ0n) is 14.3. The Labute approximate surface area is 141 Å². The van der Waals surface area contributed by atoms with Gasteiger partial charge in [-0.25, -0.2) is 9.78 Å². The monoisotopic (exact) mass is 322 g/mol. The molecule has 5 heteroatoms. The number of aromatic nitrogens is 2. The van der Waals surface area contributed by atoms with Gasteiger partial charge in [-0.05, 0) is 56.2 Å². The van der Waals surface area contributed by atoms with Crippen LogP contribution in [-0.4, -0.2) is 22.1 Å². The van der Waals surface area contributed by atoms with Gasteiger partial charge in [-0.3, -0.25) is 0 Å². The Bertz CT molecular complexity index is 882. The van der Waals surface area contributed by atoms with E-state index in [2.05, 4.69) is 27.1 Å². The summed E-state index contributed by atoms with van der Waals surface area (Å²) < 4.78 is 2.12. The number of amides is 2. The van der Waals surface area contributed by atoms with Crippen LogP contribution in [0.2, 0.25) is 0 Å². The van der Waals surface area contributed by atoms with Gasteiger partial charge in [-0.2, -0.15) is 0 Å². The molecule has 0 radical (unpaired) electrons. The van der Waals surface area contributed by atoms with Crippen molar-refractivity contribution in [1.29, 1.82) is 0 Å². The quantitative estimate of drug-likeness (QED) is 0.768. The molecule has 0 atom stereocenters. The molecule has 2 aromatic carbocycles. The lowest BCUT2D eigenvalue weighted by Crippen LogP contribution is -2.31. The van der Waals surface area contributed by atoms with Crippen LogP contribution in [0.3, 0.4) is 0 Å². The van der Waals surface area contributed by atoms with E-state index in [1.165, 1.54) is 5.56 Å². The van der Waals surface area contributed by atoms with Crippen LogP contribution in [0.5, 0.6) is 0 Å². The highest BCUT2D eigenvalue weighted by atomic mass is 16.2. The number of nitrogens with zero attached hydrogens (tertiary/aromatic N) is 2. The number of para-hydroxylation sites is 2. The first kappa shape index (κ1) is 16.1. The minimum atomic E-state index is -0.194. The van der Waals surface area contributed by atoms with Gasteiger partial charge >= 0.3 is 6.03 Å². The van der Waals surface area contributed by atoms with E-state index in [9.17, 15) is 4.79 Å². The number of urea groups is 1. The fourth-order valence-corrected chi connectivity index (χ4v) is 2.75. The average molecular weight is 322 g/mol. The van der Waals surface area contributed by atoms with Crippen LogP contribution in [0, 0.1) is 20.8 Å². The minimum Gasteiger partial charge on any atom is -0.336 e. The molecule has 0 unspecified atom stereocenters. The van der Waals surface area contributed by atoms with Gasteiger partial charge in [0.05, 0.1) is 11.0 Å². The normalized spacial score (nSPS) is 10.8. The number of anilines is 1. The molecular weight excluding hydrogens is 300 g/mol. The highest BCUT2D eigenvalue weighted by Gasteiger charge is 2.07. The van der Waals surface area contributed by atoms with E-state index in [1.807, 2.05) is 56.3 Å². The van der Waals surface area contributed by atoms with Crippen LogP contribution in [0.15, 0.2) is 42.5 Å². The fourth-order valence-electron chi connectivity index (χ4n) is 2.75. The van der Waals surface area contributed by atoms with E-state index >= 15 is 0 Å². The van der Waals surface area contributed by atoms with Crippen molar-refractivity contribution in [1.82, 2.24) is 14.9 Å². The molecule has 3 aromatic rings. The zero-order valence-corrected chi connectivity index (χ0v) is 14.3. The summed E-state index contributed by atoms with van der Waals surface area (Å²) in [4.78, 5) is 16.6. The number of imidazole rings is 1. The molecule has 0 saturated heterocycles. The first-order valence-electron chi connectivity index (χ1n) is 8.08. The third kappa shape index (κ3) is 3.40.